The summed E-state index contributed by atoms with van der Waals surface area (Å²) in [6.45, 7) is 6.65. The highest BCUT2D eigenvalue weighted by atomic mass is 16.6. The van der Waals surface area contributed by atoms with E-state index in [1.165, 1.54) is 11.8 Å². The average Bonchev–Trinajstić information content (AvgIpc) is 2.93. The minimum atomic E-state index is -0.515. The van der Waals surface area contributed by atoms with Crippen LogP contribution < -0.4 is 24.4 Å². The molecule has 3 aromatic carbocycles. The third kappa shape index (κ3) is 8.96. The van der Waals surface area contributed by atoms with E-state index in [4.69, 9.17) is 18.9 Å². The molecule has 1 amide bonds. The van der Waals surface area contributed by atoms with E-state index in [9.17, 15) is 9.59 Å². The molecule has 200 valence electrons. The first-order valence-electron chi connectivity index (χ1n) is 12.8. The SMILES string of the molecule is CCCCc1ccc(OCC(=O)N/N=C/c2ccc(OC(=O)c3ccc(OCC)cc3)c(OCC)c2)cc1. The lowest BCUT2D eigenvalue weighted by Gasteiger charge is -2.11. The molecule has 0 aliphatic rings. The van der Waals surface area contributed by atoms with Crippen molar-refractivity contribution in [3.05, 3.63) is 83.4 Å². The summed E-state index contributed by atoms with van der Waals surface area (Å²) in [4.78, 5) is 24.7. The Morgan fingerprint density at radius 2 is 1.50 bits per heavy atom. The Morgan fingerprint density at radius 1 is 0.816 bits per heavy atom. The van der Waals surface area contributed by atoms with Crippen LogP contribution in [0.1, 0.15) is 55.1 Å². The second kappa shape index (κ2) is 15.0. The molecule has 0 unspecified atom stereocenters. The molecule has 0 fully saturated rings. The summed E-state index contributed by atoms with van der Waals surface area (Å²) in [5, 5.41) is 3.98. The van der Waals surface area contributed by atoms with Crippen molar-refractivity contribution in [2.24, 2.45) is 5.10 Å². The van der Waals surface area contributed by atoms with Crippen LogP contribution in [-0.2, 0) is 11.2 Å². The van der Waals surface area contributed by atoms with Gasteiger partial charge in [-0.25, -0.2) is 10.2 Å². The number of hydrazone groups is 1. The minimum absolute atomic E-state index is 0.156. The van der Waals surface area contributed by atoms with Crippen LogP contribution in [0.5, 0.6) is 23.0 Å². The van der Waals surface area contributed by atoms with Crippen molar-refractivity contribution >= 4 is 18.1 Å². The largest absolute Gasteiger partial charge is 0.494 e. The molecule has 0 aliphatic heterocycles. The number of nitrogens with one attached hydrogen (secondary N) is 1. The quantitative estimate of drug-likeness (QED) is 0.130. The predicted molar refractivity (Wildman–Crippen MR) is 146 cm³/mol. The maximum atomic E-state index is 12.6. The standard InChI is InChI=1S/C30H34N2O6/c1-4-7-8-22-9-14-26(15-10-22)37-21-29(33)32-31-20-23-11-18-27(28(19-23)36-6-3)38-30(34)24-12-16-25(17-13-24)35-5-2/h9-20H,4-8,21H2,1-3H3,(H,32,33)/b31-20+. The van der Waals surface area contributed by atoms with Crippen molar-refractivity contribution < 1.29 is 28.5 Å². The van der Waals surface area contributed by atoms with Gasteiger partial charge in [0.05, 0.1) is 25.0 Å². The number of rotatable bonds is 14. The van der Waals surface area contributed by atoms with E-state index < -0.39 is 5.97 Å². The Bertz CT molecular complexity index is 1210. The second-order valence-corrected chi connectivity index (χ2v) is 8.32. The molecule has 8 heteroatoms. The molecule has 8 nitrogen and oxygen atoms in total. The molecule has 3 rings (SSSR count). The van der Waals surface area contributed by atoms with Crippen LogP contribution in [-0.4, -0.2) is 37.9 Å². The number of ether oxygens (including phenoxy) is 4. The van der Waals surface area contributed by atoms with Crippen molar-refractivity contribution in [1.82, 2.24) is 5.43 Å². The number of carbonyl (C=O) groups excluding carboxylic acids is 2. The summed E-state index contributed by atoms with van der Waals surface area (Å²) in [6.07, 6.45) is 4.79. The molecule has 0 radical (unpaired) electrons. The molecule has 0 saturated carbocycles. The Kier molecular flexibility index (Phi) is 11.2. The third-order valence-corrected chi connectivity index (χ3v) is 5.39. The number of amides is 1. The number of hydrogen-bond donors (Lipinski definition) is 1. The highest BCUT2D eigenvalue weighted by molar-refractivity contribution is 5.92. The molecule has 1 N–H and O–H groups in total. The summed E-state index contributed by atoms with van der Waals surface area (Å²) in [5.41, 5.74) is 4.73. The minimum Gasteiger partial charge on any atom is -0.494 e. The summed E-state index contributed by atoms with van der Waals surface area (Å²) in [7, 11) is 0. The normalized spacial score (nSPS) is 10.7. The molecule has 0 heterocycles. The van der Waals surface area contributed by atoms with Crippen LogP contribution >= 0.6 is 0 Å². The first-order valence-corrected chi connectivity index (χ1v) is 12.8. The maximum Gasteiger partial charge on any atom is 0.343 e. The molecule has 0 bridgehead atoms. The van der Waals surface area contributed by atoms with E-state index in [0.29, 0.717) is 41.6 Å². The predicted octanol–water partition coefficient (Wildman–Crippen LogP) is 5.57. The zero-order valence-corrected chi connectivity index (χ0v) is 22.1. The lowest BCUT2D eigenvalue weighted by Crippen LogP contribution is -2.24. The zero-order chi connectivity index (χ0) is 27.2. The van der Waals surface area contributed by atoms with Gasteiger partial charge in [-0.05, 0) is 92.4 Å². The number of benzene rings is 3. The van der Waals surface area contributed by atoms with Crippen molar-refractivity contribution in [2.45, 2.75) is 40.0 Å². The van der Waals surface area contributed by atoms with E-state index in [2.05, 4.69) is 17.5 Å². The molecule has 3 aromatic rings. The van der Waals surface area contributed by atoms with Gasteiger partial charge in [0.15, 0.2) is 18.1 Å². The first kappa shape index (κ1) is 28.2. The van der Waals surface area contributed by atoms with Crippen molar-refractivity contribution in [2.75, 3.05) is 19.8 Å². The molecule has 0 spiro atoms. The molecular weight excluding hydrogens is 484 g/mol. The fourth-order valence-corrected chi connectivity index (χ4v) is 3.46. The average molecular weight is 519 g/mol. The first-order chi connectivity index (χ1) is 18.5. The highest BCUT2D eigenvalue weighted by Gasteiger charge is 2.13. The molecule has 0 atom stereocenters. The van der Waals surface area contributed by atoms with Gasteiger partial charge in [0.1, 0.15) is 11.5 Å². The van der Waals surface area contributed by atoms with E-state index in [0.717, 1.165) is 19.3 Å². The molecular formula is C30H34N2O6. The summed E-state index contributed by atoms with van der Waals surface area (Å²) >= 11 is 0. The van der Waals surface area contributed by atoms with Crippen LogP contribution in [0.3, 0.4) is 0 Å². The maximum absolute atomic E-state index is 12.6. The van der Waals surface area contributed by atoms with Crippen molar-refractivity contribution in [1.29, 1.82) is 0 Å². The van der Waals surface area contributed by atoms with Gasteiger partial charge in [-0.2, -0.15) is 5.10 Å². The second-order valence-electron chi connectivity index (χ2n) is 8.32. The number of hydrogen-bond acceptors (Lipinski definition) is 7. The fraction of sp³-hybridized carbons (Fsp3) is 0.300. The number of aryl methyl sites for hydroxylation is 1. The fourth-order valence-electron chi connectivity index (χ4n) is 3.46. The van der Waals surface area contributed by atoms with E-state index >= 15 is 0 Å². The van der Waals surface area contributed by atoms with Gasteiger partial charge in [0.25, 0.3) is 5.91 Å². The number of esters is 1. The van der Waals surface area contributed by atoms with Crippen LogP contribution in [0.4, 0.5) is 0 Å². The molecule has 0 aromatic heterocycles. The monoisotopic (exact) mass is 518 g/mol. The van der Waals surface area contributed by atoms with E-state index in [-0.39, 0.29) is 18.3 Å². The lowest BCUT2D eigenvalue weighted by molar-refractivity contribution is -0.123. The van der Waals surface area contributed by atoms with Crippen LogP contribution in [0.2, 0.25) is 0 Å². The summed E-state index contributed by atoms with van der Waals surface area (Å²) < 4.78 is 22.1. The Labute approximate surface area is 223 Å². The van der Waals surface area contributed by atoms with Crippen LogP contribution in [0.15, 0.2) is 71.8 Å². The summed E-state index contributed by atoms with van der Waals surface area (Å²) in [6, 6.07) is 19.5. The summed E-state index contributed by atoms with van der Waals surface area (Å²) in [5.74, 6) is 1.06. The van der Waals surface area contributed by atoms with Crippen LogP contribution in [0, 0.1) is 0 Å². The Morgan fingerprint density at radius 3 is 2.18 bits per heavy atom. The van der Waals surface area contributed by atoms with E-state index in [1.54, 1.807) is 42.5 Å². The zero-order valence-electron chi connectivity index (χ0n) is 22.1. The highest BCUT2D eigenvalue weighted by Crippen LogP contribution is 2.29. The lowest BCUT2D eigenvalue weighted by atomic mass is 10.1. The number of nitrogens with zero attached hydrogens (tertiary/aromatic N) is 1. The van der Waals surface area contributed by atoms with Crippen molar-refractivity contribution in [3.8, 4) is 23.0 Å². The van der Waals surface area contributed by atoms with Crippen molar-refractivity contribution in [3.63, 3.8) is 0 Å². The molecule has 0 aliphatic carbocycles. The molecule has 0 saturated heterocycles. The molecule has 38 heavy (non-hydrogen) atoms. The van der Waals surface area contributed by atoms with E-state index in [1.807, 2.05) is 38.1 Å². The van der Waals surface area contributed by atoms with Gasteiger partial charge in [0.2, 0.25) is 0 Å². The van der Waals surface area contributed by atoms with Gasteiger partial charge in [-0.1, -0.05) is 25.5 Å². The van der Waals surface area contributed by atoms with Gasteiger partial charge >= 0.3 is 5.97 Å². The van der Waals surface area contributed by atoms with Gasteiger partial charge in [0, 0.05) is 0 Å². The third-order valence-electron chi connectivity index (χ3n) is 5.39. The van der Waals surface area contributed by atoms with Gasteiger partial charge in [-0.3, -0.25) is 4.79 Å². The number of unbranched alkanes of at least 4 members (excludes halogenated alkanes) is 1. The Balaban J connectivity index is 1.53. The smallest absolute Gasteiger partial charge is 0.343 e. The van der Waals surface area contributed by atoms with Gasteiger partial charge in [-0.15, -0.1) is 0 Å². The topological polar surface area (TPSA) is 95.5 Å². The Hall–Kier alpha value is -4.33. The van der Waals surface area contributed by atoms with Gasteiger partial charge < -0.3 is 18.9 Å². The number of carbonyl (C=O) groups is 2. The van der Waals surface area contributed by atoms with Crippen LogP contribution in [0.25, 0.3) is 0 Å².